The molecule has 3 N–H and O–H groups in total. The number of fused-ring (bicyclic) bond motifs is 1. The fourth-order valence-corrected chi connectivity index (χ4v) is 3.24. The lowest BCUT2D eigenvalue weighted by Crippen LogP contribution is -2.38. The molecule has 2 aromatic heterocycles. The maximum Gasteiger partial charge on any atom is 0.250 e. The van der Waals surface area contributed by atoms with Crippen molar-refractivity contribution in [2.75, 3.05) is 19.6 Å². The minimum atomic E-state index is -0.223. The molecule has 0 amide bonds. The molecule has 0 unspecified atom stereocenters. The molecule has 30 heavy (non-hydrogen) atoms. The van der Waals surface area contributed by atoms with Gasteiger partial charge in [-0.15, -0.1) is 24.0 Å². The van der Waals surface area contributed by atoms with Crippen molar-refractivity contribution in [3.8, 4) is 0 Å². The Kier molecular flexibility index (Phi) is 9.85. The van der Waals surface area contributed by atoms with Crippen molar-refractivity contribution >= 4 is 40.8 Å². The number of aromatic nitrogens is 2. The highest BCUT2D eigenvalue weighted by atomic mass is 127. The van der Waals surface area contributed by atoms with Crippen molar-refractivity contribution in [1.82, 2.24) is 20.2 Å². The Morgan fingerprint density at radius 3 is 2.87 bits per heavy atom. The van der Waals surface area contributed by atoms with Gasteiger partial charge in [-0.1, -0.05) is 6.07 Å². The van der Waals surface area contributed by atoms with Gasteiger partial charge in [0, 0.05) is 55.5 Å². The Morgan fingerprint density at radius 1 is 1.20 bits per heavy atom. The van der Waals surface area contributed by atoms with Gasteiger partial charge in [-0.3, -0.25) is 9.79 Å². The van der Waals surface area contributed by atoms with Crippen LogP contribution in [0.25, 0.3) is 10.9 Å². The Morgan fingerprint density at radius 2 is 2.07 bits per heavy atom. The molecule has 3 rings (SSSR count). The summed E-state index contributed by atoms with van der Waals surface area (Å²) < 4.78 is 15.2. The predicted octanol–water partition coefficient (Wildman–Crippen LogP) is 3.66. The number of H-pyrrole nitrogens is 1. The topological polar surface area (TPSA) is 74.2 Å². The van der Waals surface area contributed by atoms with Crippen molar-refractivity contribution in [2.45, 2.75) is 32.7 Å². The molecule has 8 heteroatoms. The molecular weight excluding hydrogens is 496 g/mol. The number of aryl methyl sites for hydroxylation is 1. The standard InChI is InChI=1S/C22H28FN5O.HI/c1-2-24-22(25-11-4-6-14-28-13-5-3-7-21(28)29)26-12-10-17-16-27-20-9-8-18(23)15-19(17)20;/h3,5,7-9,13,15-16,27H,2,4,6,10-12,14H2,1H3,(H2,24,25,26);1H. The first kappa shape index (κ1) is 23.9. The van der Waals surface area contributed by atoms with Gasteiger partial charge in [0.25, 0.3) is 0 Å². The molecular formula is C22H29FIN5O. The van der Waals surface area contributed by atoms with Crippen LogP contribution in [0.3, 0.4) is 0 Å². The zero-order valence-electron chi connectivity index (χ0n) is 17.2. The van der Waals surface area contributed by atoms with Gasteiger partial charge in [-0.25, -0.2) is 4.39 Å². The highest BCUT2D eigenvalue weighted by molar-refractivity contribution is 14.0. The maximum absolute atomic E-state index is 13.5. The molecule has 0 radical (unpaired) electrons. The Bertz CT molecular complexity index is 1010. The Balaban J connectivity index is 0.00000320. The third kappa shape index (κ3) is 6.86. The van der Waals surface area contributed by atoms with Crippen LogP contribution in [0.4, 0.5) is 4.39 Å². The number of unbranched alkanes of at least 4 members (excludes halogenated alkanes) is 1. The summed E-state index contributed by atoms with van der Waals surface area (Å²) in [6.07, 6.45) is 6.31. The average molecular weight is 525 g/mol. The van der Waals surface area contributed by atoms with Crippen LogP contribution in [0, 0.1) is 5.82 Å². The van der Waals surface area contributed by atoms with E-state index in [0.717, 1.165) is 48.2 Å². The smallest absolute Gasteiger partial charge is 0.250 e. The molecule has 6 nitrogen and oxygen atoms in total. The fraction of sp³-hybridized carbons (Fsp3) is 0.364. The summed E-state index contributed by atoms with van der Waals surface area (Å²) in [5, 5.41) is 7.50. The number of nitrogens with one attached hydrogen (secondary N) is 3. The van der Waals surface area contributed by atoms with Crippen LogP contribution in [-0.4, -0.2) is 35.1 Å². The molecule has 1 aromatic carbocycles. The number of halogens is 2. The van der Waals surface area contributed by atoms with Crippen LogP contribution in [0.2, 0.25) is 0 Å². The van der Waals surface area contributed by atoms with E-state index in [1.165, 1.54) is 6.07 Å². The molecule has 0 saturated heterocycles. The molecule has 0 aliphatic carbocycles. The highest BCUT2D eigenvalue weighted by Gasteiger charge is 2.05. The summed E-state index contributed by atoms with van der Waals surface area (Å²) in [6, 6.07) is 9.99. The number of hydrogen-bond donors (Lipinski definition) is 3. The summed E-state index contributed by atoms with van der Waals surface area (Å²) in [6.45, 7) is 4.91. The van der Waals surface area contributed by atoms with E-state index in [4.69, 9.17) is 0 Å². The Hall–Kier alpha value is -2.36. The molecule has 162 valence electrons. The van der Waals surface area contributed by atoms with E-state index in [-0.39, 0.29) is 35.4 Å². The second kappa shape index (κ2) is 12.4. The van der Waals surface area contributed by atoms with E-state index in [1.54, 1.807) is 28.8 Å². The van der Waals surface area contributed by atoms with E-state index in [0.29, 0.717) is 19.6 Å². The summed E-state index contributed by atoms with van der Waals surface area (Å²) >= 11 is 0. The zero-order valence-corrected chi connectivity index (χ0v) is 19.5. The number of pyridine rings is 1. The molecule has 2 heterocycles. The molecule has 0 aliphatic rings. The Labute approximate surface area is 193 Å². The number of guanidine groups is 1. The number of nitrogens with zero attached hydrogens (tertiary/aromatic N) is 2. The van der Waals surface area contributed by atoms with Gasteiger partial charge in [-0.05, 0) is 56.0 Å². The van der Waals surface area contributed by atoms with Crippen LogP contribution >= 0.6 is 24.0 Å². The summed E-state index contributed by atoms with van der Waals surface area (Å²) in [4.78, 5) is 19.5. The summed E-state index contributed by atoms with van der Waals surface area (Å²) in [7, 11) is 0. The second-order valence-electron chi connectivity index (χ2n) is 6.88. The summed E-state index contributed by atoms with van der Waals surface area (Å²) in [5.41, 5.74) is 2.05. The lowest BCUT2D eigenvalue weighted by molar-refractivity contribution is 0.597. The van der Waals surface area contributed by atoms with Crippen molar-refractivity contribution in [3.63, 3.8) is 0 Å². The van der Waals surface area contributed by atoms with Crippen molar-refractivity contribution in [2.24, 2.45) is 4.99 Å². The zero-order chi connectivity index (χ0) is 20.5. The number of rotatable bonds is 9. The van der Waals surface area contributed by atoms with Gasteiger partial charge in [0.15, 0.2) is 5.96 Å². The molecule has 0 aliphatic heterocycles. The quantitative estimate of drug-likeness (QED) is 0.173. The van der Waals surface area contributed by atoms with Gasteiger partial charge in [0.05, 0.1) is 0 Å². The average Bonchev–Trinajstić information content (AvgIpc) is 3.11. The monoisotopic (exact) mass is 525 g/mol. The van der Waals surface area contributed by atoms with E-state index < -0.39 is 0 Å². The second-order valence-corrected chi connectivity index (χ2v) is 6.88. The van der Waals surface area contributed by atoms with Crippen molar-refractivity contribution < 1.29 is 4.39 Å². The van der Waals surface area contributed by atoms with Crippen molar-refractivity contribution in [3.05, 3.63) is 70.5 Å². The number of hydrogen-bond acceptors (Lipinski definition) is 2. The molecule has 0 saturated carbocycles. The lowest BCUT2D eigenvalue weighted by atomic mass is 10.1. The molecule has 0 spiro atoms. The van der Waals surface area contributed by atoms with Crippen molar-refractivity contribution in [1.29, 1.82) is 0 Å². The largest absolute Gasteiger partial charge is 0.361 e. The number of aliphatic imine (C=N–C) groups is 1. The third-order valence-electron chi connectivity index (χ3n) is 4.74. The first-order valence-electron chi connectivity index (χ1n) is 10.1. The summed E-state index contributed by atoms with van der Waals surface area (Å²) in [5.74, 6) is 0.550. The van der Waals surface area contributed by atoms with Crippen LogP contribution in [0.5, 0.6) is 0 Å². The van der Waals surface area contributed by atoms with E-state index >= 15 is 0 Å². The normalized spacial score (nSPS) is 11.3. The van der Waals surface area contributed by atoms with Gasteiger partial charge >= 0.3 is 0 Å². The van der Waals surface area contributed by atoms with E-state index in [9.17, 15) is 9.18 Å². The van der Waals surface area contributed by atoms with Gasteiger partial charge in [0.2, 0.25) is 5.56 Å². The lowest BCUT2D eigenvalue weighted by Gasteiger charge is -2.11. The third-order valence-corrected chi connectivity index (χ3v) is 4.74. The molecule has 0 bridgehead atoms. The highest BCUT2D eigenvalue weighted by Crippen LogP contribution is 2.19. The van der Waals surface area contributed by atoms with Crippen LogP contribution in [-0.2, 0) is 13.0 Å². The van der Waals surface area contributed by atoms with Crippen LogP contribution in [0.1, 0.15) is 25.3 Å². The molecule has 0 fully saturated rings. The van der Waals surface area contributed by atoms with Crippen LogP contribution < -0.4 is 16.2 Å². The first-order chi connectivity index (χ1) is 14.2. The minimum absolute atomic E-state index is 0. The number of benzene rings is 1. The van der Waals surface area contributed by atoms with E-state index in [2.05, 4.69) is 20.6 Å². The first-order valence-corrected chi connectivity index (χ1v) is 10.1. The van der Waals surface area contributed by atoms with Gasteiger partial charge in [-0.2, -0.15) is 0 Å². The fourth-order valence-electron chi connectivity index (χ4n) is 3.24. The molecule has 3 aromatic rings. The number of aromatic amines is 1. The maximum atomic E-state index is 13.5. The SMILES string of the molecule is CCNC(=NCCCCn1ccccc1=O)NCCc1c[nH]c2ccc(F)cc12.I. The predicted molar refractivity (Wildman–Crippen MR) is 131 cm³/mol. The minimum Gasteiger partial charge on any atom is -0.361 e. The van der Waals surface area contributed by atoms with E-state index in [1.807, 2.05) is 25.4 Å². The molecule has 0 atom stereocenters. The van der Waals surface area contributed by atoms with Gasteiger partial charge in [0.1, 0.15) is 5.82 Å². The van der Waals surface area contributed by atoms with Gasteiger partial charge < -0.3 is 20.2 Å². The van der Waals surface area contributed by atoms with Crippen LogP contribution in [0.15, 0.2) is 58.6 Å².